The summed E-state index contributed by atoms with van der Waals surface area (Å²) in [6, 6.07) is -1.49. The summed E-state index contributed by atoms with van der Waals surface area (Å²) in [4.78, 5) is 10.9. The molecule has 0 saturated heterocycles. The van der Waals surface area contributed by atoms with Crippen LogP contribution in [-0.4, -0.2) is 24.5 Å². The number of rotatable bonds is 2. The maximum atomic E-state index is 13.0. The first-order valence-electron chi connectivity index (χ1n) is 4.48. The van der Waals surface area contributed by atoms with Gasteiger partial charge < -0.3 is 10.6 Å². The molecule has 2 N–H and O–H groups in total. The Morgan fingerprint density at radius 1 is 1.62 bits per heavy atom. The molecule has 1 saturated carbocycles. The number of alkyl halides is 2. The summed E-state index contributed by atoms with van der Waals surface area (Å²) in [7, 11) is 0. The van der Waals surface area contributed by atoms with Gasteiger partial charge in [-0.2, -0.15) is 0 Å². The van der Waals surface area contributed by atoms with Crippen molar-refractivity contribution >= 4 is 6.03 Å². The van der Waals surface area contributed by atoms with Crippen molar-refractivity contribution in [1.82, 2.24) is 10.6 Å². The standard InChI is InChI=1S/C8H14F2N2O/c1-2-11-7(13)12-6-4-3-5-8(6,9)10/h6H,2-5H2,1H3,(H2,11,12,13). The first-order valence-corrected chi connectivity index (χ1v) is 4.48. The van der Waals surface area contributed by atoms with Crippen molar-refractivity contribution in [1.29, 1.82) is 0 Å². The molecule has 0 aromatic rings. The Labute approximate surface area is 75.9 Å². The Hall–Kier alpha value is -0.870. The second-order valence-corrected chi connectivity index (χ2v) is 3.21. The molecule has 0 spiro atoms. The molecule has 0 radical (unpaired) electrons. The van der Waals surface area contributed by atoms with E-state index in [0.29, 0.717) is 19.4 Å². The topological polar surface area (TPSA) is 41.1 Å². The number of carbonyl (C=O) groups is 1. The third-order valence-corrected chi connectivity index (χ3v) is 2.16. The van der Waals surface area contributed by atoms with Crippen LogP contribution >= 0.6 is 0 Å². The van der Waals surface area contributed by atoms with Crippen molar-refractivity contribution in [2.24, 2.45) is 0 Å². The van der Waals surface area contributed by atoms with Gasteiger partial charge in [-0.3, -0.25) is 0 Å². The van der Waals surface area contributed by atoms with Crippen LogP contribution in [0.2, 0.25) is 0 Å². The average Bonchev–Trinajstić information content (AvgIpc) is 2.31. The van der Waals surface area contributed by atoms with Gasteiger partial charge in [-0.1, -0.05) is 0 Å². The largest absolute Gasteiger partial charge is 0.338 e. The molecule has 3 nitrogen and oxygen atoms in total. The van der Waals surface area contributed by atoms with Gasteiger partial charge in [0.25, 0.3) is 5.92 Å². The third kappa shape index (κ3) is 2.54. The maximum absolute atomic E-state index is 13.0. The third-order valence-electron chi connectivity index (χ3n) is 2.16. The summed E-state index contributed by atoms with van der Waals surface area (Å²) >= 11 is 0. The van der Waals surface area contributed by atoms with E-state index in [-0.39, 0.29) is 6.42 Å². The minimum atomic E-state index is -2.73. The van der Waals surface area contributed by atoms with Crippen LogP contribution in [0, 0.1) is 0 Å². The van der Waals surface area contributed by atoms with E-state index in [9.17, 15) is 13.6 Å². The van der Waals surface area contributed by atoms with Gasteiger partial charge in [0.2, 0.25) is 0 Å². The molecular formula is C8H14F2N2O. The highest BCUT2D eigenvalue weighted by atomic mass is 19.3. The van der Waals surface area contributed by atoms with E-state index in [1.165, 1.54) is 0 Å². The van der Waals surface area contributed by atoms with Gasteiger partial charge in [-0.25, -0.2) is 13.6 Å². The molecule has 1 aliphatic rings. The monoisotopic (exact) mass is 192 g/mol. The van der Waals surface area contributed by atoms with Crippen molar-refractivity contribution in [3.63, 3.8) is 0 Å². The van der Waals surface area contributed by atoms with Crippen molar-refractivity contribution in [2.75, 3.05) is 6.54 Å². The molecule has 0 bridgehead atoms. The lowest BCUT2D eigenvalue weighted by atomic mass is 10.2. The zero-order valence-corrected chi connectivity index (χ0v) is 7.57. The minimum absolute atomic E-state index is 0.121. The summed E-state index contributed by atoms with van der Waals surface area (Å²) in [5.74, 6) is -2.73. The zero-order valence-electron chi connectivity index (χ0n) is 7.57. The molecule has 13 heavy (non-hydrogen) atoms. The van der Waals surface area contributed by atoms with E-state index in [2.05, 4.69) is 10.6 Å². The Bertz CT molecular complexity index is 197. The summed E-state index contributed by atoms with van der Waals surface area (Å²) in [5, 5.41) is 4.70. The molecule has 1 atom stereocenters. The molecular weight excluding hydrogens is 178 g/mol. The van der Waals surface area contributed by atoms with Gasteiger partial charge in [0.1, 0.15) is 0 Å². The van der Waals surface area contributed by atoms with E-state index in [0.717, 1.165) is 0 Å². The lowest BCUT2D eigenvalue weighted by Gasteiger charge is -2.20. The fourth-order valence-electron chi connectivity index (χ4n) is 1.47. The molecule has 0 aromatic heterocycles. The Balaban J connectivity index is 2.40. The van der Waals surface area contributed by atoms with Crippen LogP contribution in [-0.2, 0) is 0 Å². The van der Waals surface area contributed by atoms with Crippen LogP contribution in [0.25, 0.3) is 0 Å². The first-order chi connectivity index (χ1) is 6.06. The van der Waals surface area contributed by atoms with Gasteiger partial charge in [0.05, 0.1) is 6.04 Å². The minimum Gasteiger partial charge on any atom is -0.338 e. The fourth-order valence-corrected chi connectivity index (χ4v) is 1.47. The number of amides is 2. The van der Waals surface area contributed by atoms with Crippen LogP contribution in [0.1, 0.15) is 26.2 Å². The SMILES string of the molecule is CCNC(=O)NC1CCCC1(F)F. The fraction of sp³-hybridized carbons (Fsp3) is 0.875. The quantitative estimate of drug-likeness (QED) is 0.683. The number of hydrogen-bond donors (Lipinski definition) is 2. The summed E-state index contributed by atoms with van der Waals surface area (Å²) in [6.07, 6.45) is 0.721. The van der Waals surface area contributed by atoms with E-state index in [4.69, 9.17) is 0 Å². The van der Waals surface area contributed by atoms with Crippen LogP contribution in [0.4, 0.5) is 13.6 Å². The number of hydrogen-bond acceptors (Lipinski definition) is 1. The van der Waals surface area contributed by atoms with Crippen LogP contribution in [0.5, 0.6) is 0 Å². The maximum Gasteiger partial charge on any atom is 0.315 e. The number of carbonyl (C=O) groups excluding carboxylic acids is 1. The summed E-state index contributed by atoms with van der Waals surface area (Å²) < 4.78 is 25.9. The first kappa shape index (κ1) is 10.2. The summed E-state index contributed by atoms with van der Waals surface area (Å²) in [5.41, 5.74) is 0. The Morgan fingerprint density at radius 3 is 2.77 bits per heavy atom. The van der Waals surface area contributed by atoms with E-state index < -0.39 is 18.0 Å². The molecule has 1 aliphatic carbocycles. The second-order valence-electron chi connectivity index (χ2n) is 3.21. The average molecular weight is 192 g/mol. The number of urea groups is 1. The van der Waals surface area contributed by atoms with Crippen molar-refractivity contribution in [2.45, 2.75) is 38.2 Å². The highest BCUT2D eigenvalue weighted by Gasteiger charge is 2.44. The molecule has 5 heteroatoms. The normalized spacial score (nSPS) is 25.6. The van der Waals surface area contributed by atoms with Crippen LogP contribution < -0.4 is 10.6 Å². The highest BCUT2D eigenvalue weighted by Crippen LogP contribution is 2.34. The van der Waals surface area contributed by atoms with Gasteiger partial charge in [0.15, 0.2) is 0 Å². The molecule has 0 aliphatic heterocycles. The smallest absolute Gasteiger partial charge is 0.315 e. The highest BCUT2D eigenvalue weighted by molar-refractivity contribution is 5.74. The molecule has 0 aromatic carbocycles. The van der Waals surface area contributed by atoms with E-state index in [1.54, 1.807) is 6.92 Å². The van der Waals surface area contributed by atoms with Gasteiger partial charge >= 0.3 is 6.03 Å². The lowest BCUT2D eigenvalue weighted by Crippen LogP contribution is -2.48. The number of halogens is 2. The molecule has 0 heterocycles. The molecule has 1 rings (SSSR count). The second kappa shape index (κ2) is 3.89. The van der Waals surface area contributed by atoms with Crippen molar-refractivity contribution < 1.29 is 13.6 Å². The van der Waals surface area contributed by atoms with Gasteiger partial charge in [0, 0.05) is 13.0 Å². The summed E-state index contributed by atoms with van der Waals surface area (Å²) in [6.45, 7) is 2.19. The molecule has 1 unspecified atom stereocenters. The van der Waals surface area contributed by atoms with E-state index >= 15 is 0 Å². The number of nitrogens with one attached hydrogen (secondary N) is 2. The van der Waals surface area contributed by atoms with E-state index in [1.807, 2.05) is 0 Å². The molecule has 2 amide bonds. The lowest BCUT2D eigenvalue weighted by molar-refractivity contribution is -0.0144. The van der Waals surface area contributed by atoms with Crippen LogP contribution in [0.3, 0.4) is 0 Å². The predicted molar refractivity (Wildman–Crippen MR) is 44.8 cm³/mol. The zero-order chi connectivity index (χ0) is 9.90. The van der Waals surface area contributed by atoms with Crippen molar-refractivity contribution in [3.05, 3.63) is 0 Å². The van der Waals surface area contributed by atoms with Gasteiger partial charge in [-0.05, 0) is 19.8 Å². The van der Waals surface area contributed by atoms with Crippen LogP contribution in [0.15, 0.2) is 0 Å². The molecule has 76 valence electrons. The van der Waals surface area contributed by atoms with Crippen molar-refractivity contribution in [3.8, 4) is 0 Å². The Kier molecular flexibility index (Phi) is 3.06. The Morgan fingerprint density at radius 2 is 2.31 bits per heavy atom. The van der Waals surface area contributed by atoms with Gasteiger partial charge in [-0.15, -0.1) is 0 Å². The molecule has 1 fully saturated rings. The predicted octanol–water partition coefficient (Wildman–Crippen LogP) is 1.49.